The molecule has 0 radical (unpaired) electrons. The molecule has 2 aromatic rings. The van der Waals surface area contributed by atoms with Crippen LogP contribution < -0.4 is 9.47 Å². The van der Waals surface area contributed by atoms with Gasteiger partial charge in [-0.2, -0.15) is 0 Å². The van der Waals surface area contributed by atoms with Crippen LogP contribution in [-0.2, 0) is 0 Å². The van der Waals surface area contributed by atoms with Crippen LogP contribution in [0.3, 0.4) is 0 Å². The molecule has 2 aromatic carbocycles. The predicted octanol–water partition coefficient (Wildman–Crippen LogP) is 4.70. The Morgan fingerprint density at radius 1 is 0.778 bits per heavy atom. The van der Waals surface area contributed by atoms with Gasteiger partial charge in [0.2, 0.25) is 0 Å². The first-order valence-electron chi connectivity index (χ1n) is 5.25. The Morgan fingerprint density at radius 2 is 1.39 bits per heavy atom. The Morgan fingerprint density at radius 3 is 1.83 bits per heavy atom. The van der Waals surface area contributed by atoms with Crippen molar-refractivity contribution in [2.45, 2.75) is 0 Å². The van der Waals surface area contributed by atoms with Crippen molar-refractivity contribution in [2.75, 3.05) is 14.2 Å². The molecule has 0 aliphatic rings. The zero-order valence-electron chi connectivity index (χ0n) is 10.2. The van der Waals surface area contributed by atoms with Crippen LogP contribution in [0.2, 0.25) is 10.0 Å². The number of hydrogen-bond donors (Lipinski definition) is 0. The van der Waals surface area contributed by atoms with Crippen LogP contribution in [0.5, 0.6) is 11.5 Å². The summed E-state index contributed by atoms with van der Waals surface area (Å²) in [6, 6.07) is 14.6. The topological polar surface area (TPSA) is 18.5 Å². The number of para-hydroxylation sites is 1. The summed E-state index contributed by atoms with van der Waals surface area (Å²) in [6.07, 6.45) is 0. The fourth-order valence-electron chi connectivity index (χ4n) is 1.18. The van der Waals surface area contributed by atoms with E-state index in [1.54, 1.807) is 32.4 Å². The lowest BCUT2D eigenvalue weighted by Crippen LogP contribution is -1.81. The molecule has 0 atom stereocenters. The van der Waals surface area contributed by atoms with E-state index in [1.807, 2.05) is 30.3 Å². The molecule has 96 valence electrons. The third-order valence-corrected chi connectivity index (χ3v) is 2.67. The van der Waals surface area contributed by atoms with Crippen LogP contribution in [-0.4, -0.2) is 14.2 Å². The molecule has 2 nitrogen and oxygen atoms in total. The normalized spacial score (nSPS) is 9.11. The lowest BCUT2D eigenvalue weighted by molar-refractivity contribution is 0.415. The average molecular weight is 285 g/mol. The van der Waals surface area contributed by atoms with Crippen molar-refractivity contribution in [3.05, 3.63) is 58.6 Å². The van der Waals surface area contributed by atoms with E-state index in [1.165, 1.54) is 0 Å². The largest absolute Gasteiger partial charge is 0.497 e. The molecule has 0 aliphatic carbocycles. The molecule has 0 fully saturated rings. The third-order valence-electron chi connectivity index (χ3n) is 2.11. The average Bonchev–Trinajstić information content (AvgIpc) is 2.41. The van der Waals surface area contributed by atoms with Crippen LogP contribution in [0.4, 0.5) is 0 Å². The summed E-state index contributed by atoms with van der Waals surface area (Å²) >= 11 is 11.3. The van der Waals surface area contributed by atoms with Crippen LogP contribution in [0.15, 0.2) is 48.5 Å². The number of hydrogen-bond acceptors (Lipinski definition) is 2. The molecule has 0 spiro atoms. The van der Waals surface area contributed by atoms with Gasteiger partial charge in [-0.3, -0.25) is 0 Å². The Bertz CT molecular complexity index is 469. The van der Waals surface area contributed by atoms with E-state index in [0.717, 1.165) is 16.5 Å². The summed E-state index contributed by atoms with van der Waals surface area (Å²) in [5, 5.41) is 1.39. The lowest BCUT2D eigenvalue weighted by Gasteiger charge is -1.98. The first-order valence-corrected chi connectivity index (χ1v) is 6.01. The molecule has 2 rings (SSSR count). The summed E-state index contributed by atoms with van der Waals surface area (Å²) in [4.78, 5) is 0. The lowest BCUT2D eigenvalue weighted by atomic mass is 10.3. The van der Waals surface area contributed by atoms with E-state index in [0.29, 0.717) is 5.02 Å². The molecule has 0 N–H and O–H groups in total. The number of benzene rings is 2. The van der Waals surface area contributed by atoms with E-state index >= 15 is 0 Å². The van der Waals surface area contributed by atoms with Crippen molar-refractivity contribution >= 4 is 23.2 Å². The highest BCUT2D eigenvalue weighted by molar-refractivity contribution is 6.32. The highest BCUT2D eigenvalue weighted by atomic mass is 35.5. The number of methoxy groups -OCH3 is 2. The second-order valence-corrected chi connectivity index (χ2v) is 4.14. The maximum absolute atomic E-state index is 5.70. The van der Waals surface area contributed by atoms with Crippen molar-refractivity contribution in [1.82, 2.24) is 0 Å². The minimum absolute atomic E-state index is 0.653. The molecular weight excluding hydrogens is 271 g/mol. The summed E-state index contributed by atoms with van der Waals surface area (Å²) in [6.45, 7) is 0. The summed E-state index contributed by atoms with van der Waals surface area (Å²) in [5.41, 5.74) is 0. The van der Waals surface area contributed by atoms with Gasteiger partial charge in [-0.1, -0.05) is 35.3 Å². The SMILES string of the molecule is COc1ccc(Cl)cc1.COc1ccccc1Cl. The Hall–Kier alpha value is -1.38. The van der Waals surface area contributed by atoms with Gasteiger partial charge < -0.3 is 9.47 Å². The fourth-order valence-corrected chi connectivity index (χ4v) is 1.52. The third kappa shape index (κ3) is 4.86. The Labute approximate surface area is 117 Å². The zero-order chi connectivity index (χ0) is 13.4. The first-order chi connectivity index (χ1) is 8.67. The second kappa shape index (κ2) is 7.85. The molecule has 0 saturated heterocycles. The van der Waals surface area contributed by atoms with Gasteiger partial charge in [0, 0.05) is 5.02 Å². The monoisotopic (exact) mass is 284 g/mol. The fraction of sp³-hybridized carbons (Fsp3) is 0.143. The van der Waals surface area contributed by atoms with Gasteiger partial charge in [0.15, 0.2) is 0 Å². The predicted molar refractivity (Wildman–Crippen MR) is 76.0 cm³/mol. The van der Waals surface area contributed by atoms with E-state index in [-0.39, 0.29) is 0 Å². The van der Waals surface area contributed by atoms with E-state index in [9.17, 15) is 0 Å². The highest BCUT2D eigenvalue weighted by Crippen LogP contribution is 2.21. The molecule has 0 aromatic heterocycles. The van der Waals surface area contributed by atoms with Gasteiger partial charge in [-0.05, 0) is 36.4 Å². The van der Waals surface area contributed by atoms with Crippen LogP contribution in [0.1, 0.15) is 0 Å². The summed E-state index contributed by atoms with van der Waals surface area (Å²) in [5.74, 6) is 1.55. The highest BCUT2D eigenvalue weighted by Gasteiger charge is 1.93. The Kier molecular flexibility index (Phi) is 6.40. The van der Waals surface area contributed by atoms with Gasteiger partial charge in [-0.15, -0.1) is 0 Å². The number of halogens is 2. The van der Waals surface area contributed by atoms with Gasteiger partial charge >= 0.3 is 0 Å². The van der Waals surface area contributed by atoms with Crippen molar-refractivity contribution in [3.63, 3.8) is 0 Å². The quantitative estimate of drug-likeness (QED) is 0.796. The van der Waals surface area contributed by atoms with E-state index in [4.69, 9.17) is 32.7 Å². The molecule has 0 heterocycles. The maximum Gasteiger partial charge on any atom is 0.137 e. The summed E-state index contributed by atoms with van der Waals surface area (Å²) < 4.78 is 9.82. The van der Waals surface area contributed by atoms with Crippen LogP contribution in [0.25, 0.3) is 0 Å². The molecule has 0 saturated carbocycles. The smallest absolute Gasteiger partial charge is 0.137 e. The molecule has 0 unspecified atom stereocenters. The first kappa shape index (κ1) is 14.7. The molecule has 18 heavy (non-hydrogen) atoms. The van der Waals surface area contributed by atoms with Gasteiger partial charge in [-0.25, -0.2) is 0 Å². The van der Waals surface area contributed by atoms with Crippen molar-refractivity contribution in [1.29, 1.82) is 0 Å². The molecule has 0 amide bonds. The van der Waals surface area contributed by atoms with Crippen molar-refractivity contribution in [3.8, 4) is 11.5 Å². The molecular formula is C14H14Cl2O2. The molecule has 0 aliphatic heterocycles. The standard InChI is InChI=1S/2C7H7ClO/c1-9-7-4-2-6(8)3-5-7;1-9-7-5-3-2-4-6(7)8/h2*2-5H,1H3. The van der Waals surface area contributed by atoms with Crippen molar-refractivity contribution < 1.29 is 9.47 Å². The van der Waals surface area contributed by atoms with E-state index in [2.05, 4.69) is 0 Å². The number of rotatable bonds is 2. The second-order valence-electron chi connectivity index (χ2n) is 3.29. The maximum atomic E-state index is 5.70. The Balaban J connectivity index is 0.000000180. The van der Waals surface area contributed by atoms with E-state index < -0.39 is 0 Å². The summed E-state index contributed by atoms with van der Waals surface area (Å²) in [7, 11) is 3.23. The zero-order valence-corrected chi connectivity index (χ0v) is 11.7. The number of ether oxygens (including phenoxy) is 2. The molecule has 4 heteroatoms. The van der Waals surface area contributed by atoms with Crippen LogP contribution >= 0.6 is 23.2 Å². The van der Waals surface area contributed by atoms with Gasteiger partial charge in [0.05, 0.1) is 19.2 Å². The van der Waals surface area contributed by atoms with Gasteiger partial charge in [0.25, 0.3) is 0 Å². The van der Waals surface area contributed by atoms with Crippen LogP contribution in [0, 0.1) is 0 Å². The minimum atomic E-state index is 0.653. The van der Waals surface area contributed by atoms with Gasteiger partial charge in [0.1, 0.15) is 11.5 Å². The molecule has 0 bridgehead atoms. The minimum Gasteiger partial charge on any atom is -0.497 e. The van der Waals surface area contributed by atoms with Crippen molar-refractivity contribution in [2.24, 2.45) is 0 Å².